The lowest BCUT2D eigenvalue weighted by Crippen LogP contribution is -2.51. The topological polar surface area (TPSA) is 111 Å². The minimum atomic E-state index is -1.53. The summed E-state index contributed by atoms with van der Waals surface area (Å²) in [7, 11) is 1.49. The number of aromatic nitrogens is 4. The Morgan fingerprint density at radius 1 is 1.12 bits per heavy atom. The first-order valence-corrected chi connectivity index (χ1v) is 13.3. The molecule has 4 aromatic rings. The molecule has 0 fully saturated rings. The molecule has 1 unspecified atom stereocenters. The van der Waals surface area contributed by atoms with Crippen molar-refractivity contribution in [2.45, 2.75) is 39.3 Å². The van der Waals surface area contributed by atoms with E-state index in [1.165, 1.54) is 12.0 Å². The van der Waals surface area contributed by atoms with Crippen LogP contribution in [0.25, 0.3) is 11.4 Å². The van der Waals surface area contributed by atoms with Gasteiger partial charge in [0.05, 0.1) is 25.0 Å². The Labute approximate surface area is 235 Å². The van der Waals surface area contributed by atoms with E-state index in [-0.39, 0.29) is 29.5 Å². The molecule has 10 nitrogen and oxygen atoms in total. The number of nitrogens with one attached hydrogen (secondary N) is 1. The maximum Gasteiger partial charge on any atom is 0.319 e. The number of carbonyl (C=O) groups excluding carboxylic acids is 2. The summed E-state index contributed by atoms with van der Waals surface area (Å²) < 4.78 is 12.9. The molecular weight excluding hydrogens is 532 g/mol. The molecule has 1 N–H and O–H groups in total. The maximum absolute atomic E-state index is 14.3. The molecule has 204 valence electrons. The summed E-state index contributed by atoms with van der Waals surface area (Å²) >= 11 is 6.37. The third-order valence-corrected chi connectivity index (χ3v) is 7.39. The lowest BCUT2D eigenvalue weighted by atomic mass is 9.86. The van der Waals surface area contributed by atoms with Crippen molar-refractivity contribution in [3.63, 3.8) is 0 Å². The zero-order chi connectivity index (χ0) is 28.3. The number of ether oxygens (including phenoxy) is 2. The number of halogens is 1. The molecule has 1 atom stereocenters. The molecular formula is C29H27ClN6O4. The molecule has 2 aliphatic rings. The number of amides is 2. The Morgan fingerprint density at radius 2 is 1.93 bits per heavy atom. The van der Waals surface area contributed by atoms with Gasteiger partial charge >= 0.3 is 6.01 Å². The largest absolute Gasteiger partial charge is 0.480 e. The Hall–Kier alpha value is -4.44. The van der Waals surface area contributed by atoms with Crippen molar-refractivity contribution < 1.29 is 19.1 Å². The van der Waals surface area contributed by atoms with Crippen LogP contribution in [0.2, 0.25) is 5.02 Å². The number of rotatable bonds is 6. The van der Waals surface area contributed by atoms with Crippen LogP contribution in [0.4, 0.5) is 11.4 Å². The van der Waals surface area contributed by atoms with Crippen molar-refractivity contribution >= 4 is 34.8 Å². The fraction of sp³-hybridized carbons (Fsp3) is 0.276. The van der Waals surface area contributed by atoms with Crippen LogP contribution in [0.15, 0.2) is 48.7 Å². The van der Waals surface area contributed by atoms with Crippen molar-refractivity contribution in [3.05, 3.63) is 76.2 Å². The van der Waals surface area contributed by atoms with E-state index in [1.807, 2.05) is 50.5 Å². The fourth-order valence-electron chi connectivity index (χ4n) is 5.64. The second-order valence-corrected chi connectivity index (χ2v) is 10.4. The number of hydrogen-bond donors (Lipinski definition) is 1. The molecule has 6 rings (SSSR count). The molecule has 0 saturated heterocycles. The molecule has 40 heavy (non-hydrogen) atoms. The maximum atomic E-state index is 14.3. The zero-order valence-corrected chi connectivity index (χ0v) is 23.4. The van der Waals surface area contributed by atoms with Gasteiger partial charge < -0.3 is 19.4 Å². The molecule has 2 amide bonds. The Bertz CT molecular complexity index is 1700. The van der Waals surface area contributed by atoms with Gasteiger partial charge in [-0.1, -0.05) is 29.8 Å². The number of anilines is 2. The molecule has 11 heteroatoms. The van der Waals surface area contributed by atoms with Gasteiger partial charge in [0.25, 0.3) is 11.8 Å². The highest BCUT2D eigenvalue weighted by molar-refractivity contribution is 6.31. The van der Waals surface area contributed by atoms with Gasteiger partial charge in [-0.15, -0.1) is 0 Å². The number of imidazole rings is 1. The number of nitrogens with zero attached hydrogens (tertiary/aromatic N) is 5. The molecule has 4 heterocycles. The van der Waals surface area contributed by atoms with Crippen LogP contribution in [-0.4, -0.2) is 45.1 Å². The molecule has 0 radical (unpaired) electrons. The monoisotopic (exact) mass is 558 g/mol. The van der Waals surface area contributed by atoms with Gasteiger partial charge in [-0.3, -0.25) is 14.5 Å². The van der Waals surface area contributed by atoms with Gasteiger partial charge in [-0.05, 0) is 57.5 Å². The van der Waals surface area contributed by atoms with E-state index in [0.29, 0.717) is 45.6 Å². The number of fused-ring (bicyclic) bond motifs is 4. The van der Waals surface area contributed by atoms with Crippen molar-refractivity contribution in [2.75, 3.05) is 23.9 Å². The number of hydrogen-bond acceptors (Lipinski definition) is 7. The average Bonchev–Trinajstić information content (AvgIpc) is 3.52. The summed E-state index contributed by atoms with van der Waals surface area (Å²) in [5, 5.41) is 3.47. The molecule has 2 aromatic heterocycles. The Kier molecular flexibility index (Phi) is 6.03. The predicted molar refractivity (Wildman–Crippen MR) is 150 cm³/mol. The van der Waals surface area contributed by atoms with E-state index in [1.54, 1.807) is 30.5 Å². The standard InChI is InChI=1S/C29H27ClN6O4/c1-6-40-28-31-14-19(25(34-28)39-5)24-33-22-23(35(24)15(2)3)29(20-11-10-16(4)12-21(20)32-27(29)38)36(26(22)37)18-9-7-8-17(30)13-18/h7-15H,6H2,1-5H3,(H,32,38). The average molecular weight is 559 g/mol. The molecule has 2 aromatic carbocycles. The van der Waals surface area contributed by atoms with Crippen molar-refractivity contribution in [1.82, 2.24) is 19.5 Å². The van der Waals surface area contributed by atoms with Crippen LogP contribution in [0, 0.1) is 6.92 Å². The highest BCUT2D eigenvalue weighted by Crippen LogP contribution is 2.54. The smallest absolute Gasteiger partial charge is 0.319 e. The lowest BCUT2D eigenvalue weighted by Gasteiger charge is -2.35. The van der Waals surface area contributed by atoms with Gasteiger partial charge in [0.15, 0.2) is 11.2 Å². The summed E-state index contributed by atoms with van der Waals surface area (Å²) in [5.41, 5.74) is 2.29. The van der Waals surface area contributed by atoms with Gasteiger partial charge in [0.1, 0.15) is 5.82 Å². The normalized spacial score (nSPS) is 17.4. The van der Waals surface area contributed by atoms with Crippen LogP contribution in [0.3, 0.4) is 0 Å². The second-order valence-electron chi connectivity index (χ2n) is 9.94. The predicted octanol–water partition coefficient (Wildman–Crippen LogP) is 5.15. The van der Waals surface area contributed by atoms with Crippen molar-refractivity contribution in [3.8, 4) is 23.3 Å². The summed E-state index contributed by atoms with van der Waals surface area (Å²) in [6.07, 6.45) is 1.56. The van der Waals surface area contributed by atoms with Gasteiger partial charge in [0.2, 0.25) is 5.88 Å². The number of aryl methyl sites for hydroxylation is 1. The minimum Gasteiger partial charge on any atom is -0.480 e. The van der Waals surface area contributed by atoms with E-state index in [4.69, 9.17) is 26.1 Å². The van der Waals surface area contributed by atoms with Gasteiger partial charge in [-0.2, -0.15) is 4.98 Å². The first kappa shape index (κ1) is 25.8. The van der Waals surface area contributed by atoms with Crippen LogP contribution >= 0.6 is 11.6 Å². The Morgan fingerprint density at radius 3 is 2.62 bits per heavy atom. The van der Waals surface area contributed by atoms with Crippen molar-refractivity contribution in [1.29, 1.82) is 0 Å². The first-order valence-electron chi connectivity index (χ1n) is 12.9. The second kappa shape index (κ2) is 9.34. The molecule has 0 aliphatic carbocycles. The van der Waals surface area contributed by atoms with Crippen LogP contribution < -0.4 is 19.7 Å². The first-order chi connectivity index (χ1) is 19.2. The summed E-state index contributed by atoms with van der Waals surface area (Å²) in [6, 6.07) is 12.6. The lowest BCUT2D eigenvalue weighted by molar-refractivity contribution is -0.119. The molecule has 0 saturated carbocycles. The van der Waals surface area contributed by atoms with Crippen molar-refractivity contribution in [2.24, 2.45) is 0 Å². The van der Waals surface area contributed by atoms with E-state index >= 15 is 0 Å². The number of methoxy groups -OCH3 is 1. The SMILES string of the molecule is CCOc1ncc(-c2nc3c(n2C(C)C)C2(C(=O)Nc4cc(C)ccc42)N(c2cccc(Cl)c2)C3=O)c(OC)n1. The van der Waals surface area contributed by atoms with E-state index < -0.39 is 11.4 Å². The summed E-state index contributed by atoms with van der Waals surface area (Å²) in [6.45, 7) is 8.11. The highest BCUT2D eigenvalue weighted by Gasteiger charge is 2.64. The summed E-state index contributed by atoms with van der Waals surface area (Å²) in [5.74, 6) is -0.133. The molecule has 2 aliphatic heterocycles. The third kappa shape index (κ3) is 3.52. The summed E-state index contributed by atoms with van der Waals surface area (Å²) in [4.78, 5) is 43.7. The van der Waals surface area contributed by atoms with E-state index in [0.717, 1.165) is 5.56 Å². The van der Waals surface area contributed by atoms with E-state index in [9.17, 15) is 9.59 Å². The molecule has 0 bridgehead atoms. The fourth-order valence-corrected chi connectivity index (χ4v) is 5.82. The van der Waals surface area contributed by atoms with Gasteiger partial charge in [-0.25, -0.2) is 9.97 Å². The van der Waals surface area contributed by atoms with E-state index in [2.05, 4.69) is 15.3 Å². The highest BCUT2D eigenvalue weighted by atomic mass is 35.5. The molecule has 1 spiro atoms. The van der Waals surface area contributed by atoms with Crippen LogP contribution in [-0.2, 0) is 10.3 Å². The van der Waals surface area contributed by atoms with Gasteiger partial charge in [0, 0.05) is 34.2 Å². The zero-order valence-electron chi connectivity index (χ0n) is 22.7. The quantitative estimate of drug-likeness (QED) is 0.348. The minimum absolute atomic E-state index is 0.156. The third-order valence-electron chi connectivity index (χ3n) is 7.16. The van der Waals surface area contributed by atoms with Crippen LogP contribution in [0.5, 0.6) is 11.9 Å². The number of carbonyl (C=O) groups is 2. The Balaban J connectivity index is 1.69. The number of benzene rings is 2. The van der Waals surface area contributed by atoms with Crippen LogP contribution in [0.1, 0.15) is 54.1 Å².